The Morgan fingerprint density at radius 3 is 2.82 bits per heavy atom. The first-order valence-corrected chi connectivity index (χ1v) is 5.26. The van der Waals surface area contributed by atoms with Crippen molar-refractivity contribution in [3.8, 4) is 5.75 Å². The van der Waals surface area contributed by atoms with E-state index in [0.717, 1.165) is 11.1 Å². The van der Waals surface area contributed by atoms with E-state index in [-0.39, 0.29) is 11.6 Å². The van der Waals surface area contributed by atoms with Crippen LogP contribution in [0.3, 0.4) is 0 Å². The van der Waals surface area contributed by atoms with Crippen molar-refractivity contribution < 1.29 is 9.13 Å². The summed E-state index contributed by atoms with van der Waals surface area (Å²) in [6.07, 6.45) is 3.56. The molecule has 0 aliphatic rings. The predicted octanol–water partition coefficient (Wildman–Crippen LogP) is 1.54. The molecule has 0 spiro atoms. The molecule has 5 heteroatoms. The van der Waals surface area contributed by atoms with Gasteiger partial charge in [-0.1, -0.05) is 6.07 Å². The summed E-state index contributed by atoms with van der Waals surface area (Å²) in [4.78, 5) is 0. The molecule has 0 atom stereocenters. The molecule has 0 unspecified atom stereocenters. The van der Waals surface area contributed by atoms with Crippen molar-refractivity contribution in [1.82, 2.24) is 9.78 Å². The number of hydrogen-bond donors (Lipinski definition) is 1. The number of halogens is 1. The lowest BCUT2D eigenvalue weighted by Crippen LogP contribution is -2.01. The normalized spacial score (nSPS) is 10.5. The van der Waals surface area contributed by atoms with E-state index in [2.05, 4.69) is 5.10 Å². The number of methoxy groups -OCH3 is 1. The van der Waals surface area contributed by atoms with Gasteiger partial charge in [-0.3, -0.25) is 4.68 Å². The molecule has 0 aliphatic heterocycles. The van der Waals surface area contributed by atoms with Crippen LogP contribution < -0.4 is 10.5 Å². The predicted molar refractivity (Wildman–Crippen MR) is 62.2 cm³/mol. The summed E-state index contributed by atoms with van der Waals surface area (Å²) >= 11 is 0. The van der Waals surface area contributed by atoms with Crippen molar-refractivity contribution in [2.24, 2.45) is 5.73 Å². The summed E-state index contributed by atoms with van der Waals surface area (Å²) in [6, 6.07) is 4.87. The van der Waals surface area contributed by atoms with Crippen molar-refractivity contribution in [2.45, 2.75) is 13.1 Å². The van der Waals surface area contributed by atoms with Gasteiger partial charge in [-0.05, 0) is 17.7 Å². The summed E-state index contributed by atoms with van der Waals surface area (Å²) in [5.41, 5.74) is 7.27. The van der Waals surface area contributed by atoms with Gasteiger partial charge in [0.2, 0.25) is 0 Å². The first kappa shape index (κ1) is 11.6. The molecule has 90 valence electrons. The second-order valence-corrected chi connectivity index (χ2v) is 3.72. The van der Waals surface area contributed by atoms with Crippen molar-refractivity contribution >= 4 is 0 Å². The fraction of sp³-hybridized carbons (Fsp3) is 0.250. The minimum Gasteiger partial charge on any atom is -0.494 e. The zero-order valence-corrected chi connectivity index (χ0v) is 9.56. The number of benzene rings is 1. The van der Waals surface area contributed by atoms with Crippen LogP contribution in [0.2, 0.25) is 0 Å². The van der Waals surface area contributed by atoms with Gasteiger partial charge < -0.3 is 10.5 Å². The zero-order valence-electron chi connectivity index (χ0n) is 9.56. The Morgan fingerprint density at radius 1 is 1.41 bits per heavy atom. The number of nitrogens with two attached hydrogens (primary N) is 1. The number of hydrogen-bond acceptors (Lipinski definition) is 3. The Bertz CT molecular complexity index is 510. The minimum atomic E-state index is -0.365. The van der Waals surface area contributed by atoms with E-state index in [9.17, 15) is 4.39 Å². The molecular formula is C12H14FN3O. The SMILES string of the molecule is COc1ccc(Cn2cc(CN)cn2)cc1F. The minimum absolute atomic E-state index is 0.247. The highest BCUT2D eigenvalue weighted by atomic mass is 19.1. The average molecular weight is 235 g/mol. The van der Waals surface area contributed by atoms with Gasteiger partial charge in [-0.2, -0.15) is 5.10 Å². The molecule has 2 rings (SSSR count). The van der Waals surface area contributed by atoms with Crippen LogP contribution in [0.15, 0.2) is 30.6 Å². The molecule has 0 radical (unpaired) electrons. The van der Waals surface area contributed by atoms with Gasteiger partial charge in [0.1, 0.15) is 0 Å². The second-order valence-electron chi connectivity index (χ2n) is 3.72. The lowest BCUT2D eigenvalue weighted by atomic mass is 10.2. The first-order chi connectivity index (χ1) is 8.22. The van der Waals surface area contributed by atoms with E-state index in [1.807, 2.05) is 12.3 Å². The van der Waals surface area contributed by atoms with Crippen molar-refractivity contribution in [2.75, 3.05) is 7.11 Å². The van der Waals surface area contributed by atoms with Crippen molar-refractivity contribution in [3.63, 3.8) is 0 Å². The van der Waals surface area contributed by atoms with E-state index in [1.54, 1.807) is 16.9 Å². The van der Waals surface area contributed by atoms with Gasteiger partial charge in [-0.15, -0.1) is 0 Å². The van der Waals surface area contributed by atoms with Gasteiger partial charge in [0.15, 0.2) is 11.6 Å². The number of nitrogens with zero attached hydrogens (tertiary/aromatic N) is 2. The highest BCUT2D eigenvalue weighted by molar-refractivity contribution is 5.29. The van der Waals surface area contributed by atoms with Gasteiger partial charge in [0.25, 0.3) is 0 Å². The summed E-state index contributed by atoms with van der Waals surface area (Å²) in [7, 11) is 1.44. The smallest absolute Gasteiger partial charge is 0.165 e. The van der Waals surface area contributed by atoms with E-state index in [4.69, 9.17) is 10.5 Å². The molecular weight excluding hydrogens is 221 g/mol. The molecule has 0 saturated heterocycles. The largest absolute Gasteiger partial charge is 0.494 e. The zero-order chi connectivity index (χ0) is 12.3. The maximum Gasteiger partial charge on any atom is 0.165 e. The van der Waals surface area contributed by atoms with Crippen LogP contribution in [-0.4, -0.2) is 16.9 Å². The lowest BCUT2D eigenvalue weighted by Gasteiger charge is -2.05. The van der Waals surface area contributed by atoms with Crippen LogP contribution in [0.4, 0.5) is 4.39 Å². The fourth-order valence-electron chi connectivity index (χ4n) is 1.59. The topological polar surface area (TPSA) is 53.1 Å². The maximum atomic E-state index is 13.4. The summed E-state index contributed by atoms with van der Waals surface area (Å²) in [5.74, 6) is -0.118. The first-order valence-electron chi connectivity index (χ1n) is 5.26. The quantitative estimate of drug-likeness (QED) is 0.874. The Hall–Kier alpha value is -1.88. The standard InChI is InChI=1S/C12H14FN3O/c1-17-12-3-2-9(4-11(12)13)7-16-8-10(5-14)6-15-16/h2-4,6,8H,5,7,14H2,1H3. The van der Waals surface area contributed by atoms with Gasteiger partial charge in [0, 0.05) is 18.3 Å². The third-order valence-electron chi connectivity index (χ3n) is 2.48. The van der Waals surface area contributed by atoms with E-state index >= 15 is 0 Å². The van der Waals surface area contributed by atoms with Crippen LogP contribution in [0.1, 0.15) is 11.1 Å². The molecule has 1 aromatic heterocycles. The summed E-state index contributed by atoms with van der Waals surface area (Å²) in [6.45, 7) is 0.970. The van der Waals surface area contributed by atoms with E-state index in [1.165, 1.54) is 13.2 Å². The Morgan fingerprint density at radius 2 is 2.24 bits per heavy atom. The highest BCUT2D eigenvalue weighted by Crippen LogP contribution is 2.18. The Kier molecular flexibility index (Phi) is 3.39. The fourth-order valence-corrected chi connectivity index (χ4v) is 1.59. The summed E-state index contributed by atoms with van der Waals surface area (Å²) < 4.78 is 20.0. The van der Waals surface area contributed by atoms with E-state index < -0.39 is 0 Å². The number of aromatic nitrogens is 2. The van der Waals surface area contributed by atoms with Crippen LogP contribution in [0.25, 0.3) is 0 Å². The Balaban J connectivity index is 2.15. The van der Waals surface area contributed by atoms with Gasteiger partial charge in [0.05, 0.1) is 19.9 Å². The maximum absolute atomic E-state index is 13.4. The van der Waals surface area contributed by atoms with Gasteiger partial charge >= 0.3 is 0 Å². The molecule has 0 saturated carbocycles. The number of rotatable bonds is 4. The van der Waals surface area contributed by atoms with Gasteiger partial charge in [-0.25, -0.2) is 4.39 Å². The highest BCUT2D eigenvalue weighted by Gasteiger charge is 2.04. The van der Waals surface area contributed by atoms with Crippen LogP contribution >= 0.6 is 0 Å². The molecule has 1 aromatic carbocycles. The van der Waals surface area contributed by atoms with Crippen molar-refractivity contribution in [1.29, 1.82) is 0 Å². The molecule has 0 fully saturated rings. The third kappa shape index (κ3) is 2.62. The molecule has 0 bridgehead atoms. The average Bonchev–Trinajstić information content (AvgIpc) is 2.77. The van der Waals surface area contributed by atoms with E-state index in [0.29, 0.717) is 13.1 Å². The number of ether oxygens (including phenoxy) is 1. The molecule has 2 N–H and O–H groups in total. The van der Waals surface area contributed by atoms with Crippen molar-refractivity contribution in [3.05, 3.63) is 47.5 Å². The molecule has 1 heterocycles. The monoisotopic (exact) mass is 235 g/mol. The molecule has 0 aliphatic carbocycles. The molecule has 0 amide bonds. The molecule has 17 heavy (non-hydrogen) atoms. The molecule has 2 aromatic rings. The summed E-state index contributed by atoms with van der Waals surface area (Å²) in [5, 5.41) is 4.14. The van der Waals surface area contributed by atoms with Crippen LogP contribution in [0, 0.1) is 5.82 Å². The second kappa shape index (κ2) is 4.97. The molecule has 4 nitrogen and oxygen atoms in total. The van der Waals surface area contributed by atoms with Crippen LogP contribution in [-0.2, 0) is 13.1 Å². The van der Waals surface area contributed by atoms with Crippen LogP contribution in [0.5, 0.6) is 5.75 Å². The lowest BCUT2D eigenvalue weighted by molar-refractivity contribution is 0.386. The Labute approximate surface area is 98.8 Å². The third-order valence-corrected chi connectivity index (χ3v) is 2.48.